The molecule has 0 aromatic heterocycles. The first kappa shape index (κ1) is 11.5. The summed E-state index contributed by atoms with van der Waals surface area (Å²) in [5.41, 5.74) is 0. The zero-order valence-corrected chi connectivity index (χ0v) is 8.83. The summed E-state index contributed by atoms with van der Waals surface area (Å²) >= 11 is 0. The van der Waals surface area contributed by atoms with Gasteiger partial charge in [0.1, 0.15) is 0 Å². The van der Waals surface area contributed by atoms with E-state index in [-0.39, 0.29) is 6.42 Å². The van der Waals surface area contributed by atoms with Crippen LogP contribution in [0.25, 0.3) is 0 Å². The number of aliphatic carboxylic acids is 1. The van der Waals surface area contributed by atoms with Crippen molar-refractivity contribution >= 4 is 5.97 Å². The summed E-state index contributed by atoms with van der Waals surface area (Å²) in [5, 5.41) is 11.9. The van der Waals surface area contributed by atoms with E-state index in [1.807, 2.05) is 7.05 Å². The SMILES string of the molecule is CN(CCC(=O)O)C1CCCNCC1. The maximum atomic E-state index is 10.4. The average molecular weight is 200 g/mol. The van der Waals surface area contributed by atoms with Crippen molar-refractivity contribution in [2.75, 3.05) is 26.7 Å². The predicted molar refractivity (Wildman–Crippen MR) is 55.4 cm³/mol. The Labute approximate surface area is 85.3 Å². The molecule has 1 aliphatic rings. The van der Waals surface area contributed by atoms with Crippen LogP contribution in [0.5, 0.6) is 0 Å². The molecule has 4 heteroatoms. The van der Waals surface area contributed by atoms with E-state index >= 15 is 0 Å². The highest BCUT2D eigenvalue weighted by molar-refractivity contribution is 5.66. The third-order valence-corrected chi connectivity index (χ3v) is 2.85. The molecule has 0 aromatic carbocycles. The first-order valence-corrected chi connectivity index (χ1v) is 5.33. The quantitative estimate of drug-likeness (QED) is 0.695. The summed E-state index contributed by atoms with van der Waals surface area (Å²) in [5.74, 6) is -0.705. The molecule has 0 bridgehead atoms. The van der Waals surface area contributed by atoms with E-state index in [0.717, 1.165) is 19.5 Å². The van der Waals surface area contributed by atoms with Crippen LogP contribution in [0.2, 0.25) is 0 Å². The molecular formula is C10H20N2O2. The summed E-state index contributed by atoms with van der Waals surface area (Å²) in [6.45, 7) is 2.82. The second-order valence-electron chi connectivity index (χ2n) is 3.96. The van der Waals surface area contributed by atoms with Gasteiger partial charge < -0.3 is 15.3 Å². The zero-order valence-electron chi connectivity index (χ0n) is 8.83. The number of carbonyl (C=O) groups is 1. The minimum absolute atomic E-state index is 0.250. The Bertz CT molecular complexity index is 177. The van der Waals surface area contributed by atoms with Gasteiger partial charge in [-0.25, -0.2) is 0 Å². The van der Waals surface area contributed by atoms with Crippen LogP contribution in [0.15, 0.2) is 0 Å². The van der Waals surface area contributed by atoms with Crippen molar-refractivity contribution in [2.24, 2.45) is 0 Å². The van der Waals surface area contributed by atoms with Crippen molar-refractivity contribution in [3.8, 4) is 0 Å². The van der Waals surface area contributed by atoms with Gasteiger partial charge in [0, 0.05) is 12.6 Å². The molecule has 1 unspecified atom stereocenters. The Morgan fingerprint density at radius 3 is 3.00 bits per heavy atom. The van der Waals surface area contributed by atoms with Crippen LogP contribution in [0.1, 0.15) is 25.7 Å². The van der Waals surface area contributed by atoms with Gasteiger partial charge in [0.05, 0.1) is 6.42 Å². The van der Waals surface area contributed by atoms with Crippen LogP contribution in [0.3, 0.4) is 0 Å². The third-order valence-electron chi connectivity index (χ3n) is 2.85. The molecule has 1 heterocycles. The highest BCUT2D eigenvalue weighted by Gasteiger charge is 2.16. The van der Waals surface area contributed by atoms with Crippen molar-refractivity contribution < 1.29 is 9.90 Å². The molecule has 14 heavy (non-hydrogen) atoms. The molecule has 1 aliphatic heterocycles. The Morgan fingerprint density at radius 2 is 2.29 bits per heavy atom. The van der Waals surface area contributed by atoms with E-state index in [1.54, 1.807) is 0 Å². The number of carboxylic acid groups (broad SMARTS) is 1. The van der Waals surface area contributed by atoms with Crippen LogP contribution in [0, 0.1) is 0 Å². The molecule has 0 radical (unpaired) electrons. The largest absolute Gasteiger partial charge is 0.481 e. The standard InChI is InChI=1S/C10H20N2O2/c1-12(8-5-10(13)14)9-3-2-6-11-7-4-9/h9,11H,2-8H2,1H3,(H,13,14). The van der Waals surface area contributed by atoms with Crippen LogP contribution in [0.4, 0.5) is 0 Å². The molecule has 0 saturated carbocycles. The van der Waals surface area contributed by atoms with E-state index in [1.165, 1.54) is 12.8 Å². The van der Waals surface area contributed by atoms with E-state index in [2.05, 4.69) is 10.2 Å². The highest BCUT2D eigenvalue weighted by Crippen LogP contribution is 2.11. The number of nitrogens with zero attached hydrogens (tertiary/aromatic N) is 1. The minimum atomic E-state index is -0.705. The molecule has 1 rings (SSSR count). The summed E-state index contributed by atoms with van der Waals surface area (Å²) in [7, 11) is 2.03. The van der Waals surface area contributed by atoms with Gasteiger partial charge in [-0.3, -0.25) is 4.79 Å². The summed E-state index contributed by atoms with van der Waals surface area (Å²) < 4.78 is 0. The van der Waals surface area contributed by atoms with Crippen molar-refractivity contribution in [1.29, 1.82) is 0 Å². The monoisotopic (exact) mass is 200 g/mol. The zero-order chi connectivity index (χ0) is 10.4. The fraction of sp³-hybridized carbons (Fsp3) is 0.900. The van der Waals surface area contributed by atoms with E-state index in [0.29, 0.717) is 12.6 Å². The number of hydrogen-bond donors (Lipinski definition) is 2. The molecule has 1 saturated heterocycles. The molecule has 2 N–H and O–H groups in total. The Hall–Kier alpha value is -0.610. The first-order chi connectivity index (χ1) is 6.70. The van der Waals surface area contributed by atoms with E-state index < -0.39 is 5.97 Å². The van der Waals surface area contributed by atoms with Gasteiger partial charge in [-0.1, -0.05) is 0 Å². The topological polar surface area (TPSA) is 52.6 Å². The first-order valence-electron chi connectivity index (χ1n) is 5.33. The summed E-state index contributed by atoms with van der Waals surface area (Å²) in [4.78, 5) is 12.6. The van der Waals surface area contributed by atoms with Gasteiger partial charge in [0.2, 0.25) is 0 Å². The summed E-state index contributed by atoms with van der Waals surface area (Å²) in [6, 6.07) is 0.560. The summed E-state index contributed by atoms with van der Waals surface area (Å²) in [6.07, 6.45) is 3.77. The average Bonchev–Trinajstić information content (AvgIpc) is 2.42. The molecule has 4 nitrogen and oxygen atoms in total. The smallest absolute Gasteiger partial charge is 0.304 e. The molecule has 0 amide bonds. The number of hydrogen-bond acceptors (Lipinski definition) is 3. The number of carboxylic acids is 1. The van der Waals surface area contributed by atoms with Gasteiger partial charge in [-0.05, 0) is 39.4 Å². The second kappa shape index (κ2) is 5.98. The van der Waals surface area contributed by atoms with Gasteiger partial charge in [-0.15, -0.1) is 0 Å². The van der Waals surface area contributed by atoms with Crippen molar-refractivity contribution in [3.05, 3.63) is 0 Å². The van der Waals surface area contributed by atoms with Crippen LogP contribution >= 0.6 is 0 Å². The lowest BCUT2D eigenvalue weighted by Gasteiger charge is -2.26. The lowest BCUT2D eigenvalue weighted by molar-refractivity contribution is -0.137. The fourth-order valence-electron chi connectivity index (χ4n) is 1.90. The van der Waals surface area contributed by atoms with Crippen molar-refractivity contribution in [2.45, 2.75) is 31.7 Å². The maximum Gasteiger partial charge on any atom is 0.304 e. The van der Waals surface area contributed by atoms with Gasteiger partial charge in [-0.2, -0.15) is 0 Å². The van der Waals surface area contributed by atoms with Crippen LogP contribution < -0.4 is 5.32 Å². The van der Waals surface area contributed by atoms with Gasteiger partial charge in [0.15, 0.2) is 0 Å². The van der Waals surface area contributed by atoms with E-state index in [9.17, 15) is 4.79 Å². The van der Waals surface area contributed by atoms with Crippen molar-refractivity contribution in [1.82, 2.24) is 10.2 Å². The maximum absolute atomic E-state index is 10.4. The molecule has 0 aromatic rings. The molecule has 0 aliphatic carbocycles. The molecular weight excluding hydrogens is 180 g/mol. The second-order valence-corrected chi connectivity index (χ2v) is 3.96. The number of nitrogens with one attached hydrogen (secondary N) is 1. The van der Waals surface area contributed by atoms with Gasteiger partial charge in [0.25, 0.3) is 0 Å². The Balaban J connectivity index is 2.26. The Kier molecular flexibility index (Phi) is 4.90. The molecule has 82 valence electrons. The lowest BCUT2D eigenvalue weighted by atomic mass is 10.1. The van der Waals surface area contributed by atoms with Gasteiger partial charge >= 0.3 is 5.97 Å². The molecule has 1 atom stereocenters. The highest BCUT2D eigenvalue weighted by atomic mass is 16.4. The predicted octanol–water partition coefficient (Wildman–Crippen LogP) is 0.535. The minimum Gasteiger partial charge on any atom is -0.481 e. The third kappa shape index (κ3) is 4.07. The fourth-order valence-corrected chi connectivity index (χ4v) is 1.90. The normalized spacial score (nSPS) is 23.4. The van der Waals surface area contributed by atoms with Crippen LogP contribution in [-0.2, 0) is 4.79 Å². The molecule has 0 spiro atoms. The number of rotatable bonds is 4. The van der Waals surface area contributed by atoms with Crippen molar-refractivity contribution in [3.63, 3.8) is 0 Å². The Morgan fingerprint density at radius 1 is 1.50 bits per heavy atom. The molecule has 1 fully saturated rings. The van der Waals surface area contributed by atoms with Crippen LogP contribution in [-0.4, -0.2) is 48.7 Å². The lowest BCUT2D eigenvalue weighted by Crippen LogP contribution is -2.34. The van der Waals surface area contributed by atoms with E-state index in [4.69, 9.17) is 5.11 Å².